The van der Waals surface area contributed by atoms with E-state index in [0.717, 1.165) is 11.4 Å². The fourth-order valence-electron chi connectivity index (χ4n) is 3.19. The molecule has 0 aliphatic heterocycles. The fraction of sp³-hybridized carbons (Fsp3) is 0.238. The Labute approximate surface area is 186 Å². The summed E-state index contributed by atoms with van der Waals surface area (Å²) in [6.45, 7) is 8.19. The molecular formula is C21H23N7O3S. The van der Waals surface area contributed by atoms with Crippen molar-refractivity contribution in [1.82, 2.24) is 29.5 Å². The van der Waals surface area contributed by atoms with Crippen molar-refractivity contribution in [3.8, 4) is 17.4 Å². The minimum Gasteiger partial charge on any atom is -0.438 e. The van der Waals surface area contributed by atoms with Gasteiger partial charge in [-0.25, -0.2) is 9.67 Å². The lowest BCUT2D eigenvalue weighted by atomic mass is 10.3. The molecule has 3 aromatic heterocycles. The first-order valence-corrected chi connectivity index (χ1v) is 11.5. The molecule has 0 spiro atoms. The molecule has 0 radical (unpaired) electrons. The highest BCUT2D eigenvalue weighted by molar-refractivity contribution is 7.92. The van der Waals surface area contributed by atoms with Crippen molar-refractivity contribution in [2.24, 2.45) is 0 Å². The van der Waals surface area contributed by atoms with Crippen molar-refractivity contribution < 1.29 is 13.2 Å². The summed E-state index contributed by atoms with van der Waals surface area (Å²) in [7, 11) is -3.78. The zero-order valence-electron chi connectivity index (χ0n) is 18.1. The van der Waals surface area contributed by atoms with Crippen molar-refractivity contribution in [3.05, 3.63) is 65.9 Å². The van der Waals surface area contributed by atoms with Crippen molar-refractivity contribution >= 4 is 15.7 Å². The first kappa shape index (κ1) is 21.5. The van der Waals surface area contributed by atoms with Gasteiger partial charge in [0.25, 0.3) is 10.0 Å². The quantitative estimate of drug-likeness (QED) is 0.456. The Morgan fingerprint density at radius 3 is 2.34 bits per heavy atom. The zero-order valence-corrected chi connectivity index (χ0v) is 19.0. The number of aromatic nitrogens is 6. The second-order valence-electron chi connectivity index (χ2n) is 7.21. The van der Waals surface area contributed by atoms with E-state index in [1.807, 2.05) is 26.8 Å². The van der Waals surface area contributed by atoms with Gasteiger partial charge in [-0.1, -0.05) is 0 Å². The van der Waals surface area contributed by atoms with Gasteiger partial charge in [0.2, 0.25) is 5.88 Å². The van der Waals surface area contributed by atoms with Gasteiger partial charge in [0.15, 0.2) is 10.8 Å². The van der Waals surface area contributed by atoms with E-state index in [-0.39, 0.29) is 5.03 Å². The maximum absolute atomic E-state index is 12.6. The number of hydrogen-bond acceptors (Lipinski definition) is 7. The lowest BCUT2D eigenvalue weighted by molar-refractivity contribution is 0.454. The summed E-state index contributed by atoms with van der Waals surface area (Å²) in [5.74, 6) is 2.03. The minimum atomic E-state index is -3.78. The average molecular weight is 454 g/mol. The molecule has 0 aliphatic carbocycles. The Bertz CT molecular complexity index is 1340. The Morgan fingerprint density at radius 1 is 1.03 bits per heavy atom. The molecule has 0 atom stereocenters. The van der Waals surface area contributed by atoms with Crippen molar-refractivity contribution in [1.29, 1.82) is 0 Å². The number of aryl methyl sites for hydroxylation is 4. The van der Waals surface area contributed by atoms with Gasteiger partial charge in [0, 0.05) is 30.2 Å². The molecule has 1 aromatic carbocycles. The Morgan fingerprint density at radius 2 is 1.78 bits per heavy atom. The monoisotopic (exact) mass is 453 g/mol. The Balaban J connectivity index is 1.44. The number of benzene rings is 1. The molecule has 0 bridgehead atoms. The molecule has 0 fully saturated rings. The molecule has 32 heavy (non-hydrogen) atoms. The van der Waals surface area contributed by atoms with E-state index in [1.54, 1.807) is 52.6 Å². The van der Waals surface area contributed by atoms with Crippen LogP contribution in [-0.4, -0.2) is 37.9 Å². The largest absolute Gasteiger partial charge is 0.438 e. The smallest absolute Gasteiger partial charge is 0.280 e. The van der Waals surface area contributed by atoms with Gasteiger partial charge in [-0.2, -0.15) is 13.5 Å². The van der Waals surface area contributed by atoms with Crippen molar-refractivity contribution in [2.75, 3.05) is 4.72 Å². The topological polar surface area (TPSA) is 117 Å². The van der Waals surface area contributed by atoms with Crippen LogP contribution in [0.4, 0.5) is 5.69 Å². The van der Waals surface area contributed by atoms with E-state index in [1.165, 1.54) is 6.20 Å². The second kappa shape index (κ2) is 8.42. The highest BCUT2D eigenvalue weighted by atomic mass is 32.2. The molecule has 4 aromatic rings. The Hall–Kier alpha value is -3.73. The normalized spacial score (nSPS) is 11.5. The summed E-state index contributed by atoms with van der Waals surface area (Å²) in [5, 5.41) is 12.6. The Kier molecular flexibility index (Phi) is 5.66. The van der Waals surface area contributed by atoms with Gasteiger partial charge in [0.05, 0.1) is 5.69 Å². The molecule has 0 saturated carbocycles. The van der Waals surface area contributed by atoms with Gasteiger partial charge < -0.3 is 9.30 Å². The number of sulfonamides is 1. The van der Waals surface area contributed by atoms with Crippen LogP contribution in [-0.2, 0) is 16.6 Å². The van der Waals surface area contributed by atoms with E-state index in [4.69, 9.17) is 4.74 Å². The number of nitrogens with zero attached hydrogens (tertiary/aromatic N) is 6. The van der Waals surface area contributed by atoms with Gasteiger partial charge in [0.1, 0.15) is 11.6 Å². The highest BCUT2D eigenvalue weighted by Gasteiger charge is 2.19. The molecule has 0 aliphatic rings. The van der Waals surface area contributed by atoms with Crippen LogP contribution in [0.15, 0.2) is 53.7 Å². The summed E-state index contributed by atoms with van der Waals surface area (Å²) < 4.78 is 36.9. The van der Waals surface area contributed by atoms with Crippen LogP contribution in [0.2, 0.25) is 0 Å². The first-order chi connectivity index (χ1) is 15.2. The average Bonchev–Trinajstić information content (AvgIpc) is 3.31. The number of imidazole rings is 1. The van der Waals surface area contributed by atoms with E-state index >= 15 is 0 Å². The highest BCUT2D eigenvalue weighted by Crippen LogP contribution is 2.23. The SMILES string of the molecule is CCn1cc(S(=O)(=O)Nc2ccc(Oc3ccc(-n4nc(C)cc4C)nn3)cc2)nc1C. The summed E-state index contributed by atoms with van der Waals surface area (Å²) in [5.41, 5.74) is 2.25. The van der Waals surface area contributed by atoms with E-state index in [2.05, 4.69) is 25.0 Å². The maximum atomic E-state index is 12.6. The van der Waals surface area contributed by atoms with E-state index in [0.29, 0.717) is 35.5 Å². The van der Waals surface area contributed by atoms with E-state index in [9.17, 15) is 8.42 Å². The van der Waals surface area contributed by atoms with Crippen LogP contribution in [0.3, 0.4) is 0 Å². The lowest BCUT2D eigenvalue weighted by Crippen LogP contribution is -2.13. The van der Waals surface area contributed by atoms with Crippen LogP contribution in [0.5, 0.6) is 11.6 Å². The van der Waals surface area contributed by atoms with Crippen LogP contribution in [0.25, 0.3) is 5.82 Å². The molecule has 4 rings (SSSR count). The number of anilines is 1. The summed E-state index contributed by atoms with van der Waals surface area (Å²) in [6, 6.07) is 11.9. The number of rotatable bonds is 7. The lowest BCUT2D eigenvalue weighted by Gasteiger charge is -2.08. The third-order valence-corrected chi connectivity index (χ3v) is 6.00. The third-order valence-electron chi connectivity index (χ3n) is 4.75. The van der Waals surface area contributed by atoms with Gasteiger partial charge >= 0.3 is 0 Å². The third kappa shape index (κ3) is 4.47. The molecule has 1 N–H and O–H groups in total. The molecule has 166 valence electrons. The van der Waals surface area contributed by atoms with Crippen LogP contribution in [0.1, 0.15) is 24.1 Å². The molecule has 3 heterocycles. The van der Waals surface area contributed by atoms with Crippen LogP contribution >= 0.6 is 0 Å². The van der Waals surface area contributed by atoms with Crippen molar-refractivity contribution in [3.63, 3.8) is 0 Å². The molecule has 0 unspecified atom stereocenters. The second-order valence-corrected chi connectivity index (χ2v) is 8.84. The van der Waals surface area contributed by atoms with Gasteiger partial charge in [-0.05, 0) is 64.1 Å². The minimum absolute atomic E-state index is 0.0184. The maximum Gasteiger partial charge on any atom is 0.280 e. The van der Waals surface area contributed by atoms with Crippen LogP contribution < -0.4 is 9.46 Å². The fourth-order valence-corrected chi connectivity index (χ4v) is 4.26. The number of nitrogens with one attached hydrogen (secondary N) is 1. The van der Waals surface area contributed by atoms with Gasteiger partial charge in [-0.15, -0.1) is 10.2 Å². The molecule has 0 saturated heterocycles. The summed E-state index contributed by atoms with van der Waals surface area (Å²) >= 11 is 0. The number of ether oxygens (including phenoxy) is 1. The summed E-state index contributed by atoms with van der Waals surface area (Å²) in [6.07, 6.45) is 1.52. The van der Waals surface area contributed by atoms with Gasteiger partial charge in [-0.3, -0.25) is 4.72 Å². The summed E-state index contributed by atoms with van der Waals surface area (Å²) in [4.78, 5) is 4.12. The molecule has 0 amide bonds. The van der Waals surface area contributed by atoms with E-state index < -0.39 is 10.0 Å². The zero-order chi connectivity index (χ0) is 22.9. The first-order valence-electron chi connectivity index (χ1n) is 9.97. The molecular weight excluding hydrogens is 430 g/mol. The molecule has 11 heteroatoms. The predicted molar refractivity (Wildman–Crippen MR) is 119 cm³/mol. The predicted octanol–water partition coefficient (Wildman–Crippen LogP) is 3.40. The molecule has 10 nitrogen and oxygen atoms in total. The number of hydrogen-bond donors (Lipinski definition) is 1. The standard InChI is InChI=1S/C21H23N7O3S/c1-5-27-13-21(22-16(27)4)32(29,30)26-17-6-8-18(9-7-17)31-20-11-10-19(23-24-20)28-15(3)12-14(2)25-28/h6-13,26H,5H2,1-4H3. The van der Waals surface area contributed by atoms with Crippen LogP contribution in [0, 0.1) is 20.8 Å². The van der Waals surface area contributed by atoms with Crippen molar-refractivity contribution in [2.45, 2.75) is 39.3 Å².